The molecule has 1 rings (SSSR count). The summed E-state index contributed by atoms with van der Waals surface area (Å²) in [6.07, 6.45) is 0.593. The van der Waals surface area contributed by atoms with E-state index in [1.165, 1.54) is 4.88 Å². The molecule has 3 heteroatoms. The zero-order valence-electron chi connectivity index (χ0n) is 11.6. The average molecular weight is 255 g/mol. The van der Waals surface area contributed by atoms with Crippen molar-refractivity contribution in [3.05, 3.63) is 22.4 Å². The number of nitrogens with zero attached hydrogens (tertiary/aromatic N) is 1. The first-order valence-corrected chi connectivity index (χ1v) is 7.12. The lowest BCUT2D eigenvalue weighted by molar-refractivity contribution is 0.0449. The normalized spacial score (nSPS) is 16.2. The molecule has 1 aromatic heterocycles. The van der Waals surface area contributed by atoms with Crippen LogP contribution in [0, 0.1) is 5.41 Å². The first kappa shape index (κ1) is 14.7. The van der Waals surface area contributed by atoms with E-state index in [2.05, 4.69) is 57.2 Å². The number of hydrogen-bond donors (Lipinski definition) is 1. The lowest BCUT2D eigenvalue weighted by Gasteiger charge is -2.29. The van der Waals surface area contributed by atoms with Crippen molar-refractivity contribution in [3.8, 4) is 0 Å². The van der Waals surface area contributed by atoms with Crippen LogP contribution in [-0.4, -0.2) is 29.7 Å². The molecule has 2 atom stereocenters. The minimum atomic E-state index is -0.236. The van der Waals surface area contributed by atoms with Crippen molar-refractivity contribution in [2.75, 3.05) is 13.6 Å². The molecule has 0 spiro atoms. The van der Waals surface area contributed by atoms with Crippen LogP contribution in [0.15, 0.2) is 17.5 Å². The van der Waals surface area contributed by atoms with Gasteiger partial charge in [-0.1, -0.05) is 26.8 Å². The van der Waals surface area contributed by atoms with Gasteiger partial charge in [0, 0.05) is 17.5 Å². The summed E-state index contributed by atoms with van der Waals surface area (Å²) in [4.78, 5) is 3.69. The Hall–Kier alpha value is -0.380. The lowest BCUT2D eigenvalue weighted by atomic mass is 9.87. The van der Waals surface area contributed by atoms with Crippen LogP contribution in [0.4, 0.5) is 0 Å². The van der Waals surface area contributed by atoms with Crippen LogP contribution in [0.2, 0.25) is 0 Å². The van der Waals surface area contributed by atoms with Crippen molar-refractivity contribution in [3.63, 3.8) is 0 Å². The van der Waals surface area contributed by atoms with Gasteiger partial charge < -0.3 is 5.11 Å². The van der Waals surface area contributed by atoms with Gasteiger partial charge in [-0.05, 0) is 37.3 Å². The minimum absolute atomic E-state index is 0.0208. The van der Waals surface area contributed by atoms with Crippen molar-refractivity contribution in [1.82, 2.24) is 4.90 Å². The van der Waals surface area contributed by atoms with Crippen molar-refractivity contribution in [1.29, 1.82) is 0 Å². The fourth-order valence-electron chi connectivity index (χ4n) is 1.70. The van der Waals surface area contributed by atoms with E-state index in [-0.39, 0.29) is 11.5 Å². The third-order valence-electron chi connectivity index (χ3n) is 3.37. The predicted molar refractivity (Wildman–Crippen MR) is 75.4 cm³/mol. The molecule has 1 N–H and O–H groups in total. The molecule has 0 fully saturated rings. The standard InChI is InChI=1S/C14H25NOS/c1-11(12-7-6-10-17-12)15(5)9-8-13(16)14(2,3)4/h6-7,10-11,13,16H,8-9H2,1-5H3. The highest BCUT2D eigenvalue weighted by atomic mass is 32.1. The highest BCUT2D eigenvalue weighted by Gasteiger charge is 2.23. The van der Waals surface area contributed by atoms with Crippen LogP contribution >= 0.6 is 11.3 Å². The highest BCUT2D eigenvalue weighted by molar-refractivity contribution is 7.10. The Balaban J connectivity index is 2.42. The SMILES string of the molecule is CC(c1cccs1)N(C)CCC(O)C(C)(C)C. The molecule has 0 aliphatic rings. The van der Waals surface area contributed by atoms with Crippen LogP contribution in [0.1, 0.15) is 45.0 Å². The third kappa shape index (κ3) is 4.41. The van der Waals surface area contributed by atoms with E-state index in [4.69, 9.17) is 0 Å². The van der Waals surface area contributed by atoms with Gasteiger partial charge in [0.05, 0.1) is 6.10 Å². The quantitative estimate of drug-likeness (QED) is 0.870. The van der Waals surface area contributed by atoms with Gasteiger partial charge in [-0.3, -0.25) is 4.90 Å². The van der Waals surface area contributed by atoms with E-state index in [0.717, 1.165) is 13.0 Å². The monoisotopic (exact) mass is 255 g/mol. The summed E-state index contributed by atoms with van der Waals surface area (Å²) >= 11 is 1.79. The molecule has 0 aromatic carbocycles. The number of thiophene rings is 1. The molecule has 0 aliphatic heterocycles. The highest BCUT2D eigenvalue weighted by Crippen LogP contribution is 2.25. The molecule has 0 bridgehead atoms. The summed E-state index contributed by atoms with van der Waals surface area (Å²) in [6.45, 7) is 9.40. The topological polar surface area (TPSA) is 23.5 Å². The van der Waals surface area contributed by atoms with Crippen LogP contribution in [0.25, 0.3) is 0 Å². The first-order valence-electron chi connectivity index (χ1n) is 6.24. The van der Waals surface area contributed by atoms with Crippen molar-refractivity contribution >= 4 is 11.3 Å². The first-order chi connectivity index (χ1) is 7.82. The zero-order chi connectivity index (χ0) is 13.1. The second kappa shape index (κ2) is 5.98. The predicted octanol–water partition coefficient (Wildman–Crippen LogP) is 3.54. The maximum atomic E-state index is 10.0. The maximum absolute atomic E-state index is 10.0. The molecule has 17 heavy (non-hydrogen) atoms. The van der Waals surface area contributed by atoms with E-state index < -0.39 is 0 Å². The number of aliphatic hydroxyl groups excluding tert-OH is 1. The second-order valence-corrected chi connectivity index (χ2v) is 6.82. The second-order valence-electron chi connectivity index (χ2n) is 5.84. The van der Waals surface area contributed by atoms with Crippen LogP contribution < -0.4 is 0 Å². The maximum Gasteiger partial charge on any atom is 0.0600 e. The fraction of sp³-hybridized carbons (Fsp3) is 0.714. The van der Waals surface area contributed by atoms with Gasteiger partial charge >= 0.3 is 0 Å². The smallest absolute Gasteiger partial charge is 0.0600 e. The van der Waals surface area contributed by atoms with Gasteiger partial charge in [-0.15, -0.1) is 11.3 Å². The van der Waals surface area contributed by atoms with Gasteiger partial charge in [0.15, 0.2) is 0 Å². The Bertz CT molecular complexity index is 315. The summed E-state index contributed by atoms with van der Waals surface area (Å²) in [5.74, 6) is 0. The minimum Gasteiger partial charge on any atom is -0.393 e. The lowest BCUT2D eigenvalue weighted by Crippen LogP contribution is -2.32. The molecule has 0 saturated carbocycles. The summed E-state index contributed by atoms with van der Waals surface area (Å²) in [7, 11) is 2.12. The molecule has 0 amide bonds. The van der Waals surface area contributed by atoms with E-state index in [1.54, 1.807) is 11.3 Å². The van der Waals surface area contributed by atoms with Gasteiger partial charge in [0.25, 0.3) is 0 Å². The average Bonchev–Trinajstić information content (AvgIpc) is 2.76. The molecule has 1 heterocycles. The molecule has 98 valence electrons. The van der Waals surface area contributed by atoms with Gasteiger partial charge in [-0.2, -0.15) is 0 Å². The van der Waals surface area contributed by atoms with E-state index in [1.807, 2.05) is 0 Å². The van der Waals surface area contributed by atoms with Crippen LogP contribution in [0.5, 0.6) is 0 Å². The Morgan fingerprint density at radius 1 is 1.41 bits per heavy atom. The Labute approximate surface area is 109 Å². The molecule has 0 aliphatic carbocycles. The van der Waals surface area contributed by atoms with E-state index in [9.17, 15) is 5.11 Å². The molecule has 2 unspecified atom stereocenters. The van der Waals surface area contributed by atoms with Crippen LogP contribution in [0.3, 0.4) is 0 Å². The van der Waals surface area contributed by atoms with Crippen molar-refractivity contribution < 1.29 is 5.11 Å². The molecule has 1 aromatic rings. The molecule has 0 saturated heterocycles. The van der Waals surface area contributed by atoms with Gasteiger partial charge in [-0.25, -0.2) is 0 Å². The Morgan fingerprint density at radius 3 is 2.53 bits per heavy atom. The number of hydrogen-bond acceptors (Lipinski definition) is 3. The number of aliphatic hydroxyl groups is 1. The van der Waals surface area contributed by atoms with Gasteiger partial charge in [0.1, 0.15) is 0 Å². The molecule has 0 radical (unpaired) electrons. The fourth-order valence-corrected chi connectivity index (χ4v) is 2.55. The zero-order valence-corrected chi connectivity index (χ0v) is 12.4. The van der Waals surface area contributed by atoms with Crippen LogP contribution in [-0.2, 0) is 0 Å². The largest absolute Gasteiger partial charge is 0.393 e. The summed E-state index contributed by atoms with van der Waals surface area (Å²) in [5, 5.41) is 12.1. The summed E-state index contributed by atoms with van der Waals surface area (Å²) in [6, 6.07) is 4.70. The van der Waals surface area contributed by atoms with E-state index in [0.29, 0.717) is 6.04 Å². The third-order valence-corrected chi connectivity index (χ3v) is 4.41. The molecule has 2 nitrogen and oxygen atoms in total. The molecular formula is C14H25NOS. The molecular weight excluding hydrogens is 230 g/mol. The summed E-state index contributed by atoms with van der Waals surface area (Å²) < 4.78 is 0. The van der Waals surface area contributed by atoms with E-state index >= 15 is 0 Å². The Kier molecular flexibility index (Phi) is 5.17. The van der Waals surface area contributed by atoms with Crippen molar-refractivity contribution in [2.24, 2.45) is 5.41 Å². The number of rotatable bonds is 5. The van der Waals surface area contributed by atoms with Crippen molar-refractivity contribution in [2.45, 2.75) is 46.3 Å². The Morgan fingerprint density at radius 2 is 2.06 bits per heavy atom. The van der Waals surface area contributed by atoms with Gasteiger partial charge in [0.2, 0.25) is 0 Å². The summed E-state index contributed by atoms with van der Waals surface area (Å²) in [5.41, 5.74) is -0.0208.